The molecule has 0 spiro atoms. The van der Waals surface area contributed by atoms with Crippen LogP contribution in [0, 0.1) is 0 Å². The molecular weight excluding hydrogens is 314 g/mol. The Bertz CT molecular complexity index is 589. The normalized spacial score (nSPS) is 15.4. The standard InChI is InChI=1S/C16H21N3O3S/c1-3-14(20)18-13-6-4-12(5-7-13)11(2)17-15(21)10-19-8-9-23-16(19)22/h4-7,11H,3,8-10H2,1-2H3,(H,17,21)(H,18,20). The molecule has 1 aromatic rings. The van der Waals surface area contributed by atoms with Gasteiger partial charge in [0.05, 0.1) is 6.04 Å². The van der Waals surface area contributed by atoms with Gasteiger partial charge in [-0.15, -0.1) is 0 Å². The molecule has 23 heavy (non-hydrogen) atoms. The zero-order valence-corrected chi connectivity index (χ0v) is 14.1. The van der Waals surface area contributed by atoms with Crippen LogP contribution in [0.3, 0.4) is 0 Å². The number of nitrogens with zero attached hydrogens (tertiary/aromatic N) is 1. The Morgan fingerprint density at radius 2 is 1.96 bits per heavy atom. The zero-order chi connectivity index (χ0) is 16.8. The van der Waals surface area contributed by atoms with E-state index in [0.29, 0.717) is 13.0 Å². The molecule has 6 nitrogen and oxygen atoms in total. The first kappa shape index (κ1) is 17.3. The number of rotatable bonds is 6. The van der Waals surface area contributed by atoms with Crippen molar-refractivity contribution in [2.45, 2.75) is 26.3 Å². The molecule has 2 rings (SSSR count). The van der Waals surface area contributed by atoms with Gasteiger partial charge in [-0.1, -0.05) is 30.8 Å². The molecular formula is C16H21N3O3S. The third kappa shape index (κ3) is 4.99. The van der Waals surface area contributed by atoms with E-state index in [9.17, 15) is 14.4 Å². The maximum Gasteiger partial charge on any atom is 0.282 e. The summed E-state index contributed by atoms with van der Waals surface area (Å²) >= 11 is 1.24. The smallest absolute Gasteiger partial charge is 0.282 e. The Labute approximate surface area is 140 Å². The molecule has 1 unspecified atom stereocenters. The first-order valence-electron chi connectivity index (χ1n) is 7.60. The van der Waals surface area contributed by atoms with Crippen LogP contribution in [0.1, 0.15) is 31.9 Å². The molecule has 1 saturated heterocycles. The first-order valence-corrected chi connectivity index (χ1v) is 8.59. The number of thioether (sulfide) groups is 1. The van der Waals surface area contributed by atoms with E-state index in [1.165, 1.54) is 11.8 Å². The highest BCUT2D eigenvalue weighted by molar-refractivity contribution is 8.13. The van der Waals surface area contributed by atoms with E-state index in [1.807, 2.05) is 31.2 Å². The number of hydrogen-bond acceptors (Lipinski definition) is 4. The molecule has 2 N–H and O–H groups in total. The molecule has 3 amide bonds. The SMILES string of the molecule is CCC(=O)Nc1ccc(C(C)NC(=O)CN2CCSC2=O)cc1. The summed E-state index contributed by atoms with van der Waals surface area (Å²) in [6.07, 6.45) is 0.432. The van der Waals surface area contributed by atoms with E-state index in [1.54, 1.807) is 11.8 Å². The lowest BCUT2D eigenvalue weighted by Crippen LogP contribution is -2.38. The van der Waals surface area contributed by atoms with Crippen molar-refractivity contribution in [3.8, 4) is 0 Å². The number of benzene rings is 1. The third-order valence-corrected chi connectivity index (χ3v) is 4.46. The van der Waals surface area contributed by atoms with Crippen LogP contribution in [0.25, 0.3) is 0 Å². The molecule has 0 radical (unpaired) electrons. The van der Waals surface area contributed by atoms with Crippen molar-refractivity contribution in [1.82, 2.24) is 10.2 Å². The summed E-state index contributed by atoms with van der Waals surface area (Å²) in [5, 5.41) is 5.63. The molecule has 0 saturated carbocycles. The maximum atomic E-state index is 12.0. The number of hydrogen-bond donors (Lipinski definition) is 2. The van der Waals surface area contributed by atoms with E-state index < -0.39 is 0 Å². The summed E-state index contributed by atoms with van der Waals surface area (Å²) in [7, 11) is 0. The summed E-state index contributed by atoms with van der Waals surface area (Å²) in [5.41, 5.74) is 1.67. The molecule has 0 aromatic heterocycles. The van der Waals surface area contributed by atoms with Gasteiger partial charge in [-0.25, -0.2) is 0 Å². The van der Waals surface area contributed by atoms with E-state index >= 15 is 0 Å². The molecule has 7 heteroatoms. The fraction of sp³-hybridized carbons (Fsp3) is 0.438. The van der Waals surface area contributed by atoms with Crippen molar-refractivity contribution in [2.75, 3.05) is 24.2 Å². The Balaban J connectivity index is 1.87. The fourth-order valence-corrected chi connectivity index (χ4v) is 3.04. The van der Waals surface area contributed by atoms with Crippen LogP contribution in [0.4, 0.5) is 10.5 Å². The Kier molecular flexibility index (Phi) is 6.04. The number of amides is 3. The summed E-state index contributed by atoms with van der Waals surface area (Å²) in [5.74, 6) is 0.538. The van der Waals surface area contributed by atoms with E-state index in [4.69, 9.17) is 0 Å². The Morgan fingerprint density at radius 3 is 2.52 bits per heavy atom. The predicted molar refractivity (Wildman–Crippen MR) is 91.3 cm³/mol. The minimum absolute atomic E-state index is 0.0350. The minimum atomic E-state index is -0.170. The number of nitrogens with one attached hydrogen (secondary N) is 2. The lowest BCUT2D eigenvalue weighted by atomic mass is 10.1. The molecule has 1 fully saturated rings. The van der Waals surface area contributed by atoms with Crippen LogP contribution in [-0.4, -0.2) is 40.8 Å². The molecule has 1 aromatic carbocycles. The third-order valence-electron chi connectivity index (χ3n) is 3.57. The Hall–Kier alpha value is -2.02. The fourth-order valence-electron chi connectivity index (χ4n) is 2.22. The average Bonchev–Trinajstić information content (AvgIpc) is 2.92. The molecule has 1 aliphatic heterocycles. The highest BCUT2D eigenvalue weighted by atomic mass is 32.2. The highest BCUT2D eigenvalue weighted by Gasteiger charge is 2.23. The monoisotopic (exact) mass is 335 g/mol. The summed E-state index contributed by atoms with van der Waals surface area (Å²) in [6.45, 7) is 4.40. The summed E-state index contributed by atoms with van der Waals surface area (Å²) in [6, 6.07) is 7.20. The van der Waals surface area contributed by atoms with Crippen LogP contribution in [-0.2, 0) is 9.59 Å². The topological polar surface area (TPSA) is 78.5 Å². The second-order valence-corrected chi connectivity index (χ2v) is 6.40. The molecule has 0 bridgehead atoms. The van der Waals surface area contributed by atoms with Crippen LogP contribution in [0.15, 0.2) is 24.3 Å². The molecule has 1 heterocycles. The van der Waals surface area contributed by atoms with Gasteiger partial charge in [-0.3, -0.25) is 14.4 Å². The average molecular weight is 335 g/mol. The van der Waals surface area contributed by atoms with Gasteiger partial charge < -0.3 is 15.5 Å². The molecule has 1 atom stereocenters. The molecule has 0 aliphatic carbocycles. The molecule has 124 valence electrons. The number of anilines is 1. The van der Waals surface area contributed by atoms with E-state index in [0.717, 1.165) is 17.0 Å². The van der Waals surface area contributed by atoms with Crippen molar-refractivity contribution in [2.24, 2.45) is 0 Å². The Morgan fingerprint density at radius 1 is 1.26 bits per heavy atom. The highest BCUT2D eigenvalue weighted by Crippen LogP contribution is 2.18. The first-order chi connectivity index (χ1) is 11.0. The van der Waals surface area contributed by atoms with Gasteiger partial charge in [-0.2, -0.15) is 0 Å². The van der Waals surface area contributed by atoms with Gasteiger partial charge in [-0.05, 0) is 24.6 Å². The van der Waals surface area contributed by atoms with Gasteiger partial charge in [0.2, 0.25) is 11.8 Å². The van der Waals surface area contributed by atoms with E-state index in [2.05, 4.69) is 10.6 Å². The van der Waals surface area contributed by atoms with Crippen LogP contribution < -0.4 is 10.6 Å². The second kappa shape index (κ2) is 8.01. The number of carbonyl (C=O) groups is 3. The minimum Gasteiger partial charge on any atom is -0.348 e. The molecule has 1 aliphatic rings. The zero-order valence-electron chi connectivity index (χ0n) is 13.3. The predicted octanol–water partition coefficient (Wildman–Crippen LogP) is 2.38. The van der Waals surface area contributed by atoms with Gasteiger partial charge in [0.25, 0.3) is 5.24 Å². The van der Waals surface area contributed by atoms with Gasteiger partial charge >= 0.3 is 0 Å². The lowest BCUT2D eigenvalue weighted by molar-refractivity contribution is -0.122. The van der Waals surface area contributed by atoms with Crippen molar-refractivity contribution in [3.63, 3.8) is 0 Å². The van der Waals surface area contributed by atoms with Crippen LogP contribution in [0.5, 0.6) is 0 Å². The van der Waals surface area contributed by atoms with Crippen molar-refractivity contribution in [1.29, 1.82) is 0 Å². The largest absolute Gasteiger partial charge is 0.348 e. The van der Waals surface area contributed by atoms with Gasteiger partial charge in [0.15, 0.2) is 0 Å². The van der Waals surface area contributed by atoms with Gasteiger partial charge in [0, 0.05) is 24.4 Å². The van der Waals surface area contributed by atoms with Crippen LogP contribution >= 0.6 is 11.8 Å². The van der Waals surface area contributed by atoms with Crippen LogP contribution in [0.2, 0.25) is 0 Å². The quantitative estimate of drug-likeness (QED) is 0.837. The van der Waals surface area contributed by atoms with E-state index in [-0.39, 0.29) is 29.6 Å². The van der Waals surface area contributed by atoms with Crippen molar-refractivity contribution in [3.05, 3.63) is 29.8 Å². The van der Waals surface area contributed by atoms with Crippen molar-refractivity contribution < 1.29 is 14.4 Å². The van der Waals surface area contributed by atoms with Crippen molar-refractivity contribution >= 4 is 34.5 Å². The maximum absolute atomic E-state index is 12.0. The summed E-state index contributed by atoms with van der Waals surface area (Å²) < 4.78 is 0. The number of carbonyl (C=O) groups excluding carboxylic acids is 3. The van der Waals surface area contributed by atoms with Gasteiger partial charge in [0.1, 0.15) is 6.54 Å². The second-order valence-electron chi connectivity index (χ2n) is 5.35. The summed E-state index contributed by atoms with van der Waals surface area (Å²) in [4.78, 5) is 36.4. The lowest BCUT2D eigenvalue weighted by Gasteiger charge is -2.18.